The minimum absolute atomic E-state index is 0.277. The van der Waals surface area contributed by atoms with E-state index in [2.05, 4.69) is 103 Å². The van der Waals surface area contributed by atoms with Crippen molar-refractivity contribution < 1.29 is 27.0 Å². The monoisotopic (exact) mass is 569 g/mol. The summed E-state index contributed by atoms with van der Waals surface area (Å²) in [5.74, 6) is 0. The fourth-order valence-electron chi connectivity index (χ4n) is 3.00. The van der Waals surface area contributed by atoms with E-state index in [-0.39, 0.29) is 12.2 Å². The molecule has 0 aromatic heterocycles. The minimum atomic E-state index is -2.01. The van der Waals surface area contributed by atoms with Gasteiger partial charge in [0.1, 0.15) is 25.0 Å². The van der Waals surface area contributed by atoms with Gasteiger partial charge in [-0.15, -0.1) is 0 Å². The van der Waals surface area contributed by atoms with Gasteiger partial charge in [0, 0.05) is 0 Å². The van der Waals surface area contributed by atoms with Crippen LogP contribution in [0.4, 0.5) is 0 Å². The Balaban J connectivity index is 6.64. The van der Waals surface area contributed by atoms with Gasteiger partial charge in [0.05, 0.1) is 19.3 Å². The van der Waals surface area contributed by atoms with Gasteiger partial charge in [0.15, 0.2) is 41.6 Å². The number of rotatable bonds is 16. The molecule has 204 valence electrons. The van der Waals surface area contributed by atoms with E-state index < -0.39 is 47.7 Å². The lowest BCUT2D eigenvalue weighted by Gasteiger charge is -2.42. The van der Waals surface area contributed by atoms with Crippen molar-refractivity contribution in [3.05, 3.63) is 0 Å². The Hall–Kier alpha value is 0.354. The first-order chi connectivity index (χ1) is 14.9. The lowest BCUT2D eigenvalue weighted by molar-refractivity contribution is -0.0307. The van der Waals surface area contributed by atoms with Crippen molar-refractivity contribution in [2.45, 2.75) is 117 Å². The smallest absolute Gasteiger partial charge is 0.184 e. The zero-order valence-electron chi connectivity index (χ0n) is 25.0. The largest absolute Gasteiger partial charge is 0.415 e. The summed E-state index contributed by atoms with van der Waals surface area (Å²) in [7, 11) is -7.95. The second-order valence-electron chi connectivity index (χ2n) is 13.7. The molecule has 34 heavy (non-hydrogen) atoms. The molecule has 3 atom stereocenters. The standard InChI is InChI=1S/C22H55NO6Si5/c1-24-23-19(17-25-30(2,3)4)21(28-33(11,12)13)22(29-34(14,15)16)20(27-32(8,9)10)18-26-31(5,6)7/h20-22H,17-18H2,1-16H3/b23-19+/t20-,21-,22-/m1/s1. The summed E-state index contributed by atoms with van der Waals surface area (Å²) in [6, 6.07) is 0. The van der Waals surface area contributed by atoms with Crippen LogP contribution in [0.3, 0.4) is 0 Å². The highest BCUT2D eigenvalue weighted by Crippen LogP contribution is 2.26. The van der Waals surface area contributed by atoms with Crippen LogP contribution in [-0.2, 0) is 27.0 Å². The molecule has 0 spiro atoms. The molecule has 0 radical (unpaired) electrons. The molecule has 0 rings (SSSR count). The molecule has 0 unspecified atom stereocenters. The Bertz CT molecular complexity index is 630. The van der Waals surface area contributed by atoms with Crippen LogP contribution in [0.1, 0.15) is 0 Å². The number of hydrogen-bond acceptors (Lipinski definition) is 7. The maximum atomic E-state index is 6.87. The van der Waals surface area contributed by atoms with Gasteiger partial charge in [-0.25, -0.2) is 0 Å². The lowest BCUT2D eigenvalue weighted by atomic mass is 10.0. The van der Waals surface area contributed by atoms with Crippen LogP contribution in [0.15, 0.2) is 5.16 Å². The van der Waals surface area contributed by atoms with E-state index in [1.165, 1.54) is 0 Å². The van der Waals surface area contributed by atoms with E-state index in [0.29, 0.717) is 18.9 Å². The summed E-state index contributed by atoms with van der Waals surface area (Å²) >= 11 is 0. The Morgan fingerprint density at radius 1 is 0.588 bits per heavy atom. The van der Waals surface area contributed by atoms with Crippen LogP contribution in [0.25, 0.3) is 0 Å². The summed E-state index contributed by atoms with van der Waals surface area (Å²) in [5, 5.41) is 4.42. The molecule has 0 aliphatic carbocycles. The third kappa shape index (κ3) is 17.7. The Morgan fingerprint density at radius 3 is 1.38 bits per heavy atom. The zero-order valence-corrected chi connectivity index (χ0v) is 30.0. The third-order valence-corrected chi connectivity index (χ3v) is 9.00. The molecule has 0 heterocycles. The molecular weight excluding hydrogens is 515 g/mol. The maximum Gasteiger partial charge on any atom is 0.184 e. The summed E-state index contributed by atoms with van der Waals surface area (Å²) < 4.78 is 33.1. The first-order valence-electron chi connectivity index (χ1n) is 12.3. The molecule has 0 bridgehead atoms. The molecule has 7 nitrogen and oxygen atoms in total. The molecule has 12 heteroatoms. The highest BCUT2D eigenvalue weighted by Gasteiger charge is 2.43. The quantitative estimate of drug-likeness (QED) is 0.123. The van der Waals surface area contributed by atoms with Gasteiger partial charge in [-0.3, -0.25) is 0 Å². The second-order valence-corrected chi connectivity index (χ2v) is 36.1. The molecule has 0 amide bonds. The molecule has 0 saturated heterocycles. The summed E-state index contributed by atoms with van der Waals surface area (Å²) in [5.41, 5.74) is 0.716. The van der Waals surface area contributed by atoms with Gasteiger partial charge in [-0.05, 0) is 98.2 Å². The molecule has 0 aromatic rings. The van der Waals surface area contributed by atoms with E-state index in [0.717, 1.165) is 0 Å². The van der Waals surface area contributed by atoms with Crippen LogP contribution in [-0.4, -0.2) is 85.9 Å². The van der Waals surface area contributed by atoms with Crippen molar-refractivity contribution >= 4 is 47.3 Å². The van der Waals surface area contributed by atoms with Crippen LogP contribution in [0.5, 0.6) is 0 Å². The average molecular weight is 570 g/mol. The SMILES string of the molecule is CO/N=C(\CO[Si](C)(C)C)[C@@H](O[Si](C)(C)C)[C@H](O[Si](C)(C)C)[C@@H](CO[Si](C)(C)C)O[Si](C)(C)C. The fraction of sp³-hybridized carbons (Fsp3) is 0.955. The third-order valence-electron chi connectivity index (χ3n) is 4.01. The first kappa shape index (κ1) is 34.4. The molecule has 0 fully saturated rings. The maximum absolute atomic E-state index is 6.87. The van der Waals surface area contributed by atoms with E-state index in [1.54, 1.807) is 7.11 Å². The van der Waals surface area contributed by atoms with Gasteiger partial charge < -0.3 is 27.0 Å². The number of nitrogens with zero attached hydrogens (tertiary/aromatic N) is 1. The van der Waals surface area contributed by atoms with Gasteiger partial charge in [0.2, 0.25) is 0 Å². The van der Waals surface area contributed by atoms with E-state index in [4.69, 9.17) is 27.0 Å². The van der Waals surface area contributed by atoms with Gasteiger partial charge in [0.25, 0.3) is 0 Å². The summed E-state index contributed by atoms with van der Waals surface area (Å²) in [6.45, 7) is 33.6. The molecular formula is C22H55NO6Si5. The van der Waals surface area contributed by atoms with Crippen molar-refractivity contribution in [2.75, 3.05) is 20.3 Å². The average Bonchev–Trinajstić information content (AvgIpc) is 2.54. The van der Waals surface area contributed by atoms with E-state index >= 15 is 0 Å². The predicted octanol–water partition coefficient (Wildman–Crippen LogP) is 6.35. The van der Waals surface area contributed by atoms with Crippen molar-refractivity contribution in [2.24, 2.45) is 5.16 Å². The topological polar surface area (TPSA) is 67.7 Å². The highest BCUT2D eigenvalue weighted by molar-refractivity contribution is 6.71. The van der Waals surface area contributed by atoms with Crippen LogP contribution in [0, 0.1) is 0 Å². The zero-order chi connectivity index (χ0) is 27.2. The molecule has 0 aliphatic rings. The summed E-state index contributed by atoms with van der Waals surface area (Å²) in [4.78, 5) is 5.30. The van der Waals surface area contributed by atoms with Crippen molar-refractivity contribution in [3.8, 4) is 0 Å². The summed E-state index contributed by atoms with van der Waals surface area (Å²) in [6.07, 6.45) is -1.10. The van der Waals surface area contributed by atoms with Gasteiger partial charge >= 0.3 is 0 Å². The minimum Gasteiger partial charge on any atom is -0.415 e. The molecule has 0 aromatic carbocycles. The van der Waals surface area contributed by atoms with E-state index in [9.17, 15) is 0 Å². The Kier molecular flexibility index (Phi) is 13.4. The Labute approximate surface area is 215 Å². The van der Waals surface area contributed by atoms with Crippen LogP contribution < -0.4 is 0 Å². The van der Waals surface area contributed by atoms with Crippen molar-refractivity contribution in [1.29, 1.82) is 0 Å². The van der Waals surface area contributed by atoms with Crippen LogP contribution >= 0.6 is 0 Å². The van der Waals surface area contributed by atoms with Gasteiger partial charge in [-0.2, -0.15) is 0 Å². The molecule has 0 N–H and O–H groups in total. The van der Waals surface area contributed by atoms with Gasteiger partial charge in [-0.1, -0.05) is 5.16 Å². The molecule has 0 saturated carbocycles. The fourth-order valence-corrected chi connectivity index (χ4v) is 7.48. The Morgan fingerprint density at radius 2 is 1.03 bits per heavy atom. The number of oxime groups is 1. The second kappa shape index (κ2) is 13.2. The lowest BCUT2D eigenvalue weighted by Crippen LogP contribution is -2.58. The van der Waals surface area contributed by atoms with Crippen molar-refractivity contribution in [3.63, 3.8) is 0 Å². The number of hydrogen-bond donors (Lipinski definition) is 0. The molecule has 0 aliphatic heterocycles. The van der Waals surface area contributed by atoms with Crippen LogP contribution in [0.2, 0.25) is 98.2 Å². The first-order valence-corrected chi connectivity index (χ1v) is 29.4. The van der Waals surface area contributed by atoms with E-state index in [1.807, 2.05) is 0 Å². The highest BCUT2D eigenvalue weighted by atomic mass is 28.4. The van der Waals surface area contributed by atoms with Crippen molar-refractivity contribution in [1.82, 2.24) is 0 Å². The normalized spacial score (nSPS) is 17.5. The predicted molar refractivity (Wildman–Crippen MR) is 158 cm³/mol.